The Kier molecular flexibility index (Phi) is 5.01. The normalized spacial score (nSPS) is 11.3. The molecule has 27 heavy (non-hydrogen) atoms. The third kappa shape index (κ3) is 4.01. The number of rotatable bonds is 6. The van der Waals surface area contributed by atoms with Crippen LogP contribution in [0, 0.1) is 10.1 Å². The lowest BCUT2D eigenvalue weighted by molar-refractivity contribution is -0.386. The van der Waals surface area contributed by atoms with Crippen molar-refractivity contribution < 1.29 is 18.4 Å². The molecular formula is C15H13N5O5S2. The van der Waals surface area contributed by atoms with Crippen LogP contribution in [0.2, 0.25) is 0 Å². The van der Waals surface area contributed by atoms with Crippen molar-refractivity contribution in [2.75, 3.05) is 4.72 Å². The maximum Gasteiger partial charge on any atom is 0.312 e. The number of aryl methyl sites for hydroxylation is 1. The van der Waals surface area contributed by atoms with E-state index in [0.717, 1.165) is 18.2 Å². The molecule has 10 nitrogen and oxygen atoms in total. The van der Waals surface area contributed by atoms with Crippen LogP contribution in [0.15, 0.2) is 63.7 Å². The molecule has 0 aliphatic heterocycles. The summed E-state index contributed by atoms with van der Waals surface area (Å²) in [6, 6.07) is 9.51. The Labute approximate surface area is 158 Å². The molecule has 140 valence electrons. The molecule has 0 saturated carbocycles. The third-order valence-corrected chi connectivity index (χ3v) is 5.95. The fourth-order valence-electron chi connectivity index (χ4n) is 2.12. The average Bonchev–Trinajstić information content (AvgIpc) is 3.01. The maximum atomic E-state index is 12.7. The summed E-state index contributed by atoms with van der Waals surface area (Å²) in [6.07, 6.45) is 1.52. The van der Waals surface area contributed by atoms with Gasteiger partial charge in [0.05, 0.1) is 15.5 Å². The molecule has 0 atom stereocenters. The quantitative estimate of drug-likeness (QED) is 0.469. The van der Waals surface area contributed by atoms with Crippen LogP contribution in [0.25, 0.3) is 0 Å². The van der Waals surface area contributed by atoms with Gasteiger partial charge < -0.3 is 9.67 Å². The van der Waals surface area contributed by atoms with Crippen LogP contribution in [-0.2, 0) is 17.1 Å². The van der Waals surface area contributed by atoms with Gasteiger partial charge in [-0.2, -0.15) is 0 Å². The minimum atomic E-state index is -4.12. The molecule has 2 N–H and O–H groups in total. The van der Waals surface area contributed by atoms with E-state index in [4.69, 9.17) is 0 Å². The Hall–Kier alpha value is -3.12. The van der Waals surface area contributed by atoms with E-state index < -0.39 is 26.4 Å². The largest absolute Gasteiger partial charge is 0.502 e. The summed E-state index contributed by atoms with van der Waals surface area (Å²) in [5.74, 6) is -0.614. The van der Waals surface area contributed by atoms with Crippen molar-refractivity contribution >= 4 is 33.2 Å². The van der Waals surface area contributed by atoms with Crippen LogP contribution in [-0.4, -0.2) is 33.2 Å². The van der Waals surface area contributed by atoms with E-state index in [9.17, 15) is 23.6 Å². The standard InChI is InChI=1S/C15H13N5O5S2/c1-19-9-16-17-15(19)26-14-5-3-2-4-11(14)18-27(24,25)10-6-7-13(21)12(8-10)20(22)23/h2-9,18,21H,1H3. The van der Waals surface area contributed by atoms with Crippen LogP contribution in [0.1, 0.15) is 0 Å². The summed E-state index contributed by atoms with van der Waals surface area (Å²) in [5, 5.41) is 28.7. The molecule has 0 unspecified atom stereocenters. The van der Waals surface area contributed by atoms with Crippen molar-refractivity contribution in [2.45, 2.75) is 14.9 Å². The number of nitrogens with one attached hydrogen (secondary N) is 1. The number of nitro groups is 1. The Bertz CT molecular complexity index is 1110. The monoisotopic (exact) mass is 407 g/mol. The van der Waals surface area contributed by atoms with Gasteiger partial charge in [-0.15, -0.1) is 10.2 Å². The molecule has 0 radical (unpaired) electrons. The van der Waals surface area contributed by atoms with Crippen molar-refractivity contribution in [2.24, 2.45) is 7.05 Å². The summed E-state index contributed by atoms with van der Waals surface area (Å²) < 4.78 is 29.4. The Balaban J connectivity index is 1.94. The molecule has 1 heterocycles. The van der Waals surface area contributed by atoms with Gasteiger partial charge in [0, 0.05) is 18.0 Å². The molecule has 0 fully saturated rings. The smallest absolute Gasteiger partial charge is 0.312 e. The highest BCUT2D eigenvalue weighted by atomic mass is 32.2. The van der Waals surface area contributed by atoms with Crippen molar-refractivity contribution in [3.63, 3.8) is 0 Å². The number of aromatic nitrogens is 3. The number of hydrogen-bond acceptors (Lipinski definition) is 8. The van der Waals surface area contributed by atoms with Gasteiger partial charge in [0.15, 0.2) is 10.9 Å². The number of anilines is 1. The van der Waals surface area contributed by atoms with Gasteiger partial charge in [0.1, 0.15) is 6.33 Å². The summed E-state index contributed by atoms with van der Waals surface area (Å²) in [5.41, 5.74) is -0.416. The first-order chi connectivity index (χ1) is 12.8. The van der Waals surface area contributed by atoms with Gasteiger partial charge in [-0.3, -0.25) is 14.8 Å². The van der Waals surface area contributed by atoms with Crippen LogP contribution < -0.4 is 4.72 Å². The van der Waals surface area contributed by atoms with Gasteiger partial charge in [-0.25, -0.2) is 8.42 Å². The van der Waals surface area contributed by atoms with Gasteiger partial charge in [-0.05, 0) is 36.0 Å². The third-order valence-electron chi connectivity index (χ3n) is 3.46. The zero-order valence-electron chi connectivity index (χ0n) is 13.8. The number of phenolic OH excluding ortho intramolecular Hbond substituents is 1. The van der Waals surface area contributed by atoms with Crippen molar-refractivity contribution in [3.05, 3.63) is 58.9 Å². The van der Waals surface area contributed by atoms with E-state index in [1.54, 1.807) is 35.9 Å². The first-order valence-electron chi connectivity index (χ1n) is 7.39. The summed E-state index contributed by atoms with van der Waals surface area (Å²) in [4.78, 5) is 10.3. The van der Waals surface area contributed by atoms with Gasteiger partial charge >= 0.3 is 5.69 Å². The minimum Gasteiger partial charge on any atom is -0.502 e. The lowest BCUT2D eigenvalue weighted by Gasteiger charge is -2.12. The summed E-state index contributed by atoms with van der Waals surface area (Å²) >= 11 is 1.21. The molecule has 0 saturated heterocycles. The number of para-hydroxylation sites is 1. The highest BCUT2D eigenvalue weighted by Crippen LogP contribution is 2.34. The Morgan fingerprint density at radius 3 is 2.67 bits per heavy atom. The molecule has 1 aromatic heterocycles. The molecule has 0 bridgehead atoms. The average molecular weight is 407 g/mol. The SMILES string of the molecule is Cn1cnnc1Sc1ccccc1NS(=O)(=O)c1ccc(O)c([N+](=O)[O-])c1. The van der Waals surface area contributed by atoms with E-state index in [-0.39, 0.29) is 10.6 Å². The first kappa shape index (κ1) is 18.7. The van der Waals surface area contributed by atoms with E-state index in [1.807, 2.05) is 0 Å². The number of nitro benzene ring substituents is 1. The van der Waals surface area contributed by atoms with Crippen molar-refractivity contribution in [3.8, 4) is 5.75 Å². The molecule has 0 aliphatic rings. The molecule has 3 aromatic rings. The second-order valence-electron chi connectivity index (χ2n) is 5.34. The van der Waals surface area contributed by atoms with E-state index in [0.29, 0.717) is 10.1 Å². The number of aromatic hydroxyl groups is 1. The van der Waals surface area contributed by atoms with Crippen molar-refractivity contribution in [1.82, 2.24) is 14.8 Å². The molecule has 0 amide bonds. The van der Waals surface area contributed by atoms with E-state index in [2.05, 4.69) is 14.9 Å². The van der Waals surface area contributed by atoms with Gasteiger partial charge in [0.25, 0.3) is 10.0 Å². The van der Waals surface area contributed by atoms with Crippen LogP contribution in [0.3, 0.4) is 0 Å². The molecular weight excluding hydrogens is 394 g/mol. The zero-order valence-corrected chi connectivity index (χ0v) is 15.4. The molecule has 0 spiro atoms. The highest BCUT2D eigenvalue weighted by molar-refractivity contribution is 7.99. The Morgan fingerprint density at radius 2 is 2.00 bits per heavy atom. The highest BCUT2D eigenvalue weighted by Gasteiger charge is 2.22. The topological polar surface area (TPSA) is 140 Å². The van der Waals surface area contributed by atoms with E-state index >= 15 is 0 Å². The van der Waals surface area contributed by atoms with Crippen LogP contribution in [0.5, 0.6) is 5.75 Å². The van der Waals surface area contributed by atoms with Gasteiger partial charge in [-0.1, -0.05) is 12.1 Å². The molecule has 3 rings (SSSR count). The fraction of sp³-hybridized carbons (Fsp3) is 0.0667. The number of nitrogens with zero attached hydrogens (tertiary/aromatic N) is 4. The predicted octanol–water partition coefficient (Wildman–Crippen LogP) is 2.38. The summed E-state index contributed by atoms with van der Waals surface area (Å²) in [6.45, 7) is 0. The Morgan fingerprint density at radius 1 is 1.26 bits per heavy atom. The fourth-order valence-corrected chi connectivity index (χ4v) is 4.14. The number of sulfonamides is 1. The molecule has 12 heteroatoms. The second kappa shape index (κ2) is 7.25. The number of hydrogen-bond donors (Lipinski definition) is 2. The zero-order chi connectivity index (χ0) is 19.6. The molecule has 2 aromatic carbocycles. The maximum absolute atomic E-state index is 12.7. The molecule has 0 aliphatic carbocycles. The van der Waals surface area contributed by atoms with E-state index in [1.165, 1.54) is 18.1 Å². The number of benzene rings is 2. The van der Waals surface area contributed by atoms with Crippen LogP contribution >= 0.6 is 11.8 Å². The second-order valence-corrected chi connectivity index (χ2v) is 8.03. The predicted molar refractivity (Wildman–Crippen MR) is 97.1 cm³/mol. The number of phenols is 1. The van der Waals surface area contributed by atoms with Gasteiger partial charge in [0.2, 0.25) is 0 Å². The summed E-state index contributed by atoms with van der Waals surface area (Å²) in [7, 11) is -2.36. The lowest BCUT2D eigenvalue weighted by atomic mass is 10.3. The van der Waals surface area contributed by atoms with Crippen LogP contribution in [0.4, 0.5) is 11.4 Å². The first-order valence-corrected chi connectivity index (χ1v) is 9.69. The lowest BCUT2D eigenvalue weighted by Crippen LogP contribution is -2.13. The minimum absolute atomic E-state index is 0.279. The van der Waals surface area contributed by atoms with Crippen molar-refractivity contribution in [1.29, 1.82) is 0 Å².